The highest BCUT2D eigenvalue weighted by atomic mass is 32.1. The van der Waals surface area contributed by atoms with E-state index in [0.717, 1.165) is 12.2 Å². The van der Waals surface area contributed by atoms with Crippen molar-refractivity contribution in [2.24, 2.45) is 5.84 Å². The molecule has 0 aliphatic heterocycles. The lowest BCUT2D eigenvalue weighted by Crippen LogP contribution is -2.08. The molecule has 0 saturated heterocycles. The second-order valence-corrected chi connectivity index (χ2v) is 3.87. The molecule has 0 atom stereocenters. The maximum Gasteiger partial charge on any atom is 0.141 e. The van der Waals surface area contributed by atoms with Gasteiger partial charge in [-0.15, -0.1) is 11.3 Å². The summed E-state index contributed by atoms with van der Waals surface area (Å²) in [5.74, 6) is 5.90. The summed E-state index contributed by atoms with van der Waals surface area (Å²) < 4.78 is 0. The number of hydrogen-bond donors (Lipinski definition) is 3. The summed E-state index contributed by atoms with van der Waals surface area (Å²) in [5.41, 5.74) is 5.29. The van der Waals surface area contributed by atoms with E-state index in [1.807, 2.05) is 23.8 Å². The zero-order valence-corrected chi connectivity index (χ0v) is 8.79. The minimum absolute atomic E-state index is 0.643. The van der Waals surface area contributed by atoms with Crippen LogP contribution in [0, 0.1) is 0 Å². The normalized spacial score (nSPS) is 9.93. The van der Waals surface area contributed by atoms with Gasteiger partial charge < -0.3 is 10.7 Å². The van der Waals surface area contributed by atoms with Crippen molar-refractivity contribution in [3.05, 3.63) is 34.9 Å². The van der Waals surface area contributed by atoms with Gasteiger partial charge in [0.05, 0.1) is 12.1 Å². The number of hydrazine groups is 1. The lowest BCUT2D eigenvalue weighted by molar-refractivity contribution is 1.16. The third-order valence-electron chi connectivity index (χ3n) is 1.86. The van der Waals surface area contributed by atoms with Crippen LogP contribution in [-0.4, -0.2) is 9.97 Å². The Morgan fingerprint density at radius 2 is 2.40 bits per heavy atom. The van der Waals surface area contributed by atoms with Gasteiger partial charge in [0.15, 0.2) is 0 Å². The van der Waals surface area contributed by atoms with Crippen LogP contribution in [0.4, 0.5) is 11.5 Å². The van der Waals surface area contributed by atoms with E-state index in [1.165, 1.54) is 4.88 Å². The van der Waals surface area contributed by atoms with Gasteiger partial charge in [0.25, 0.3) is 0 Å². The molecule has 0 unspecified atom stereocenters. The van der Waals surface area contributed by atoms with Crippen molar-refractivity contribution in [1.82, 2.24) is 9.97 Å². The molecule has 0 aliphatic rings. The Balaban J connectivity index is 1.98. The number of hydrogen-bond acceptors (Lipinski definition) is 6. The van der Waals surface area contributed by atoms with Crippen LogP contribution in [0.1, 0.15) is 4.88 Å². The SMILES string of the molecule is NNc1cc(NCc2cncs2)ccn1. The summed E-state index contributed by atoms with van der Waals surface area (Å²) in [6.07, 6.45) is 3.55. The zero-order valence-electron chi connectivity index (χ0n) is 7.97. The summed E-state index contributed by atoms with van der Waals surface area (Å²) in [5, 5.41) is 3.26. The number of anilines is 2. The number of aromatic nitrogens is 2. The molecule has 2 aromatic heterocycles. The summed E-state index contributed by atoms with van der Waals surface area (Å²) in [6.45, 7) is 0.763. The number of thiazole rings is 1. The molecular formula is C9H11N5S. The van der Waals surface area contributed by atoms with Crippen LogP contribution >= 0.6 is 11.3 Å². The van der Waals surface area contributed by atoms with Crippen molar-refractivity contribution >= 4 is 22.8 Å². The quantitative estimate of drug-likeness (QED) is 0.538. The van der Waals surface area contributed by atoms with Crippen LogP contribution in [0.3, 0.4) is 0 Å². The molecule has 15 heavy (non-hydrogen) atoms. The summed E-state index contributed by atoms with van der Waals surface area (Å²) in [4.78, 5) is 9.21. The molecule has 78 valence electrons. The van der Waals surface area contributed by atoms with E-state index in [1.54, 1.807) is 17.5 Å². The Hall–Kier alpha value is -1.66. The molecule has 4 N–H and O–H groups in total. The fraction of sp³-hybridized carbons (Fsp3) is 0.111. The number of nitrogens with zero attached hydrogens (tertiary/aromatic N) is 2. The largest absolute Gasteiger partial charge is 0.380 e. The van der Waals surface area contributed by atoms with E-state index in [-0.39, 0.29) is 0 Å². The molecule has 2 aromatic rings. The summed E-state index contributed by atoms with van der Waals surface area (Å²) in [6, 6.07) is 3.74. The molecule has 2 heterocycles. The van der Waals surface area contributed by atoms with Crippen molar-refractivity contribution in [3.63, 3.8) is 0 Å². The third kappa shape index (κ3) is 2.64. The van der Waals surface area contributed by atoms with Crippen LogP contribution < -0.4 is 16.6 Å². The zero-order chi connectivity index (χ0) is 10.5. The molecule has 0 fully saturated rings. The molecular weight excluding hydrogens is 210 g/mol. The second kappa shape index (κ2) is 4.72. The highest BCUT2D eigenvalue weighted by Crippen LogP contribution is 2.13. The first-order valence-electron chi connectivity index (χ1n) is 4.42. The van der Waals surface area contributed by atoms with Crippen LogP contribution in [-0.2, 0) is 6.54 Å². The van der Waals surface area contributed by atoms with Gasteiger partial charge in [0, 0.05) is 29.0 Å². The predicted molar refractivity (Wildman–Crippen MR) is 61.5 cm³/mol. The lowest BCUT2D eigenvalue weighted by Gasteiger charge is -2.05. The molecule has 0 spiro atoms. The van der Waals surface area contributed by atoms with Crippen molar-refractivity contribution in [1.29, 1.82) is 0 Å². The number of pyridine rings is 1. The molecule has 0 amide bonds. The van der Waals surface area contributed by atoms with E-state index >= 15 is 0 Å². The van der Waals surface area contributed by atoms with E-state index < -0.39 is 0 Å². The number of nitrogens with two attached hydrogens (primary N) is 1. The van der Waals surface area contributed by atoms with Crippen LogP contribution in [0.2, 0.25) is 0 Å². The minimum Gasteiger partial charge on any atom is -0.380 e. The predicted octanol–water partition coefficient (Wildman–Crippen LogP) is 1.44. The Bertz CT molecular complexity index is 414. The molecule has 0 bridgehead atoms. The van der Waals surface area contributed by atoms with Gasteiger partial charge in [-0.05, 0) is 6.07 Å². The van der Waals surface area contributed by atoms with E-state index in [4.69, 9.17) is 5.84 Å². The van der Waals surface area contributed by atoms with E-state index in [2.05, 4.69) is 20.7 Å². The highest BCUT2D eigenvalue weighted by molar-refractivity contribution is 7.09. The fourth-order valence-corrected chi connectivity index (χ4v) is 1.67. The van der Waals surface area contributed by atoms with Gasteiger partial charge in [-0.25, -0.2) is 10.8 Å². The third-order valence-corrected chi connectivity index (χ3v) is 2.64. The number of rotatable bonds is 4. The molecule has 5 nitrogen and oxygen atoms in total. The maximum atomic E-state index is 5.26. The first kappa shape index (κ1) is 9.88. The minimum atomic E-state index is 0.643. The van der Waals surface area contributed by atoms with Crippen LogP contribution in [0.15, 0.2) is 30.0 Å². The van der Waals surface area contributed by atoms with Crippen molar-refractivity contribution in [2.75, 3.05) is 10.7 Å². The van der Waals surface area contributed by atoms with E-state index in [9.17, 15) is 0 Å². The number of nitrogens with one attached hydrogen (secondary N) is 2. The highest BCUT2D eigenvalue weighted by Gasteiger charge is 1.97. The molecule has 0 radical (unpaired) electrons. The Kier molecular flexibility index (Phi) is 3.11. The first-order chi connectivity index (χ1) is 7.38. The van der Waals surface area contributed by atoms with Gasteiger partial charge in [-0.2, -0.15) is 0 Å². The topological polar surface area (TPSA) is 75.9 Å². The standard InChI is InChI=1S/C9H11N5S/c10-14-9-3-7(1-2-12-9)13-5-8-4-11-6-15-8/h1-4,6H,5,10H2,(H2,12,13,14). The average Bonchev–Trinajstić information content (AvgIpc) is 2.79. The molecule has 0 saturated carbocycles. The van der Waals surface area contributed by atoms with Gasteiger partial charge >= 0.3 is 0 Å². The second-order valence-electron chi connectivity index (χ2n) is 2.90. The van der Waals surface area contributed by atoms with Crippen molar-refractivity contribution in [2.45, 2.75) is 6.54 Å². The Morgan fingerprint density at radius 1 is 1.47 bits per heavy atom. The smallest absolute Gasteiger partial charge is 0.141 e. The Morgan fingerprint density at radius 3 is 3.13 bits per heavy atom. The molecule has 2 rings (SSSR count). The first-order valence-corrected chi connectivity index (χ1v) is 5.30. The van der Waals surface area contributed by atoms with Crippen molar-refractivity contribution < 1.29 is 0 Å². The van der Waals surface area contributed by atoms with Gasteiger partial charge in [0.2, 0.25) is 0 Å². The summed E-state index contributed by atoms with van der Waals surface area (Å²) in [7, 11) is 0. The fourth-order valence-electron chi connectivity index (χ4n) is 1.14. The summed E-state index contributed by atoms with van der Waals surface area (Å²) >= 11 is 1.62. The van der Waals surface area contributed by atoms with Crippen LogP contribution in [0.5, 0.6) is 0 Å². The van der Waals surface area contributed by atoms with Gasteiger partial charge in [0.1, 0.15) is 5.82 Å². The molecule has 6 heteroatoms. The average molecular weight is 221 g/mol. The molecule has 0 aliphatic carbocycles. The van der Waals surface area contributed by atoms with Gasteiger partial charge in [-0.1, -0.05) is 0 Å². The van der Waals surface area contributed by atoms with Crippen LogP contribution in [0.25, 0.3) is 0 Å². The van der Waals surface area contributed by atoms with E-state index in [0.29, 0.717) is 5.82 Å². The molecule has 0 aromatic carbocycles. The maximum absolute atomic E-state index is 5.26. The van der Waals surface area contributed by atoms with Crippen molar-refractivity contribution in [3.8, 4) is 0 Å². The Labute approximate surface area is 91.3 Å². The monoisotopic (exact) mass is 221 g/mol. The lowest BCUT2D eigenvalue weighted by atomic mass is 10.4. The number of nitrogen functional groups attached to an aromatic ring is 1. The van der Waals surface area contributed by atoms with Gasteiger partial charge in [-0.3, -0.25) is 4.98 Å².